The van der Waals surface area contributed by atoms with Crippen molar-refractivity contribution in [2.24, 2.45) is 0 Å². The fourth-order valence-electron chi connectivity index (χ4n) is 3.76. The van der Waals surface area contributed by atoms with E-state index in [4.69, 9.17) is 23.2 Å². The Morgan fingerprint density at radius 1 is 0.963 bits per heavy atom. The highest BCUT2D eigenvalue weighted by Gasteiger charge is 2.48. The molecular weight excluding hydrogens is 445 g/mol. The molecule has 1 heterocycles. The van der Waals surface area contributed by atoms with Gasteiger partial charge in [-0.3, -0.25) is 4.79 Å². The number of fused-ring (bicyclic) bond motifs is 1. The summed E-state index contributed by atoms with van der Waals surface area (Å²) < 4.78 is 1.01. The van der Waals surface area contributed by atoms with E-state index in [-0.39, 0.29) is 5.91 Å². The molecule has 0 aliphatic carbocycles. The fraction of sp³-hybridized carbons (Fsp3) is 0.136. The molecule has 2 nitrogen and oxygen atoms in total. The van der Waals surface area contributed by atoms with Crippen molar-refractivity contribution < 1.29 is 4.79 Å². The van der Waals surface area contributed by atoms with E-state index in [1.165, 1.54) is 0 Å². The lowest BCUT2D eigenvalue weighted by atomic mass is 9.84. The summed E-state index contributed by atoms with van der Waals surface area (Å²) in [5.41, 5.74) is 2.84. The van der Waals surface area contributed by atoms with E-state index in [2.05, 4.69) is 15.9 Å². The van der Waals surface area contributed by atoms with Crippen LogP contribution in [0, 0.1) is 0 Å². The standard InChI is InChI=1S/C22H16BrCl2NO/c1-22(15-7-11-17(24)12-8-15)20-18(3-2-4-19(20)25)21(27)26(22)13-14-5-9-16(23)10-6-14/h2-12H,13H2,1H3. The maximum atomic E-state index is 13.3. The van der Waals surface area contributed by atoms with Gasteiger partial charge in [-0.2, -0.15) is 0 Å². The Balaban J connectivity index is 1.88. The maximum Gasteiger partial charge on any atom is 0.255 e. The van der Waals surface area contributed by atoms with Crippen molar-refractivity contribution in [2.75, 3.05) is 0 Å². The van der Waals surface area contributed by atoms with Crippen LogP contribution >= 0.6 is 39.1 Å². The van der Waals surface area contributed by atoms with Gasteiger partial charge in [-0.1, -0.05) is 69.5 Å². The molecule has 1 aliphatic heterocycles. The molecule has 0 saturated heterocycles. The predicted molar refractivity (Wildman–Crippen MR) is 113 cm³/mol. The second kappa shape index (κ2) is 6.97. The number of carbonyl (C=O) groups is 1. The SMILES string of the molecule is CC1(c2ccc(Cl)cc2)c2c(Cl)cccc2C(=O)N1Cc1ccc(Br)cc1. The summed E-state index contributed by atoms with van der Waals surface area (Å²) >= 11 is 16.1. The van der Waals surface area contributed by atoms with Crippen LogP contribution in [0.15, 0.2) is 71.2 Å². The minimum atomic E-state index is -0.678. The molecular formula is C22H16BrCl2NO. The number of amides is 1. The second-order valence-corrected chi connectivity index (χ2v) is 8.52. The van der Waals surface area contributed by atoms with E-state index in [0.29, 0.717) is 22.2 Å². The smallest absolute Gasteiger partial charge is 0.255 e. The van der Waals surface area contributed by atoms with Crippen LogP contribution in [-0.4, -0.2) is 10.8 Å². The van der Waals surface area contributed by atoms with Gasteiger partial charge in [0.05, 0.1) is 5.54 Å². The van der Waals surface area contributed by atoms with E-state index >= 15 is 0 Å². The first-order chi connectivity index (χ1) is 12.9. The third-order valence-corrected chi connectivity index (χ3v) is 6.27. The number of halogens is 3. The van der Waals surface area contributed by atoms with Crippen LogP contribution in [0.5, 0.6) is 0 Å². The minimum absolute atomic E-state index is 0.0205. The van der Waals surface area contributed by atoms with Gasteiger partial charge in [0.15, 0.2) is 0 Å². The highest BCUT2D eigenvalue weighted by Crippen LogP contribution is 2.47. The highest BCUT2D eigenvalue weighted by atomic mass is 79.9. The molecule has 0 N–H and O–H groups in total. The van der Waals surface area contributed by atoms with Crippen LogP contribution in [0.4, 0.5) is 0 Å². The van der Waals surface area contributed by atoms with Gasteiger partial charge in [0.25, 0.3) is 5.91 Å². The van der Waals surface area contributed by atoms with Crippen molar-refractivity contribution in [1.29, 1.82) is 0 Å². The van der Waals surface area contributed by atoms with E-state index < -0.39 is 5.54 Å². The topological polar surface area (TPSA) is 20.3 Å². The van der Waals surface area contributed by atoms with E-state index in [9.17, 15) is 4.79 Å². The molecule has 1 atom stereocenters. The summed E-state index contributed by atoms with van der Waals surface area (Å²) in [6.07, 6.45) is 0. The minimum Gasteiger partial charge on any atom is -0.321 e. The van der Waals surface area contributed by atoms with Crippen LogP contribution in [0.3, 0.4) is 0 Å². The lowest BCUT2D eigenvalue weighted by Crippen LogP contribution is -2.42. The second-order valence-electron chi connectivity index (χ2n) is 6.76. The van der Waals surface area contributed by atoms with Gasteiger partial charge in [0.1, 0.15) is 0 Å². The van der Waals surface area contributed by atoms with Gasteiger partial charge in [-0.15, -0.1) is 0 Å². The number of rotatable bonds is 3. The Hall–Kier alpha value is -1.81. The third kappa shape index (κ3) is 3.08. The molecule has 5 heteroatoms. The summed E-state index contributed by atoms with van der Waals surface area (Å²) in [5, 5.41) is 1.25. The molecule has 27 heavy (non-hydrogen) atoms. The van der Waals surface area contributed by atoms with Gasteiger partial charge in [0, 0.05) is 32.2 Å². The molecule has 1 aliphatic rings. The lowest BCUT2D eigenvalue weighted by molar-refractivity contribution is 0.0630. The summed E-state index contributed by atoms with van der Waals surface area (Å²) in [6.45, 7) is 2.53. The molecule has 1 amide bonds. The molecule has 0 aromatic heterocycles. The zero-order chi connectivity index (χ0) is 19.2. The first-order valence-electron chi connectivity index (χ1n) is 8.52. The third-order valence-electron chi connectivity index (χ3n) is 5.18. The fourth-order valence-corrected chi connectivity index (χ4v) is 4.51. The Labute approximate surface area is 176 Å². The Bertz CT molecular complexity index is 1020. The van der Waals surface area contributed by atoms with Crippen molar-refractivity contribution in [2.45, 2.75) is 19.0 Å². The first kappa shape index (κ1) is 18.5. The van der Waals surface area contributed by atoms with Crippen molar-refractivity contribution in [3.63, 3.8) is 0 Å². The normalized spacial score (nSPS) is 18.7. The molecule has 0 saturated carbocycles. The Morgan fingerprint density at radius 3 is 2.30 bits per heavy atom. The molecule has 0 radical (unpaired) electrons. The molecule has 136 valence electrons. The van der Waals surface area contributed by atoms with Crippen molar-refractivity contribution in [3.8, 4) is 0 Å². The van der Waals surface area contributed by atoms with Crippen molar-refractivity contribution >= 4 is 45.0 Å². The van der Waals surface area contributed by atoms with Crippen LogP contribution in [0.25, 0.3) is 0 Å². The number of carbonyl (C=O) groups excluding carboxylic acids is 1. The van der Waals surface area contributed by atoms with Gasteiger partial charge in [-0.25, -0.2) is 0 Å². The van der Waals surface area contributed by atoms with Crippen LogP contribution in [0.1, 0.15) is 34.0 Å². The summed E-state index contributed by atoms with van der Waals surface area (Å²) in [6, 6.07) is 21.1. The summed E-state index contributed by atoms with van der Waals surface area (Å²) in [4.78, 5) is 15.2. The van der Waals surface area contributed by atoms with Gasteiger partial charge >= 0.3 is 0 Å². The van der Waals surface area contributed by atoms with Crippen LogP contribution in [-0.2, 0) is 12.1 Å². The Kier molecular flexibility index (Phi) is 4.79. The maximum absolute atomic E-state index is 13.3. The molecule has 0 bridgehead atoms. The average molecular weight is 461 g/mol. The lowest BCUT2D eigenvalue weighted by Gasteiger charge is -2.37. The molecule has 4 rings (SSSR count). The molecule has 1 unspecified atom stereocenters. The van der Waals surface area contributed by atoms with Gasteiger partial charge in [-0.05, 0) is 54.4 Å². The number of nitrogens with zero attached hydrogens (tertiary/aromatic N) is 1. The van der Waals surface area contributed by atoms with Gasteiger partial charge in [0.2, 0.25) is 0 Å². The van der Waals surface area contributed by atoms with E-state index in [0.717, 1.165) is 21.2 Å². The molecule has 3 aromatic rings. The number of benzene rings is 3. The zero-order valence-corrected chi connectivity index (χ0v) is 17.6. The molecule has 0 spiro atoms. The summed E-state index contributed by atoms with van der Waals surface area (Å²) in [7, 11) is 0. The van der Waals surface area contributed by atoms with Crippen LogP contribution in [0.2, 0.25) is 10.0 Å². The predicted octanol–water partition coefficient (Wildman–Crippen LogP) is 6.68. The van der Waals surface area contributed by atoms with E-state index in [1.807, 2.05) is 78.6 Å². The van der Waals surface area contributed by atoms with Crippen molar-refractivity contribution in [1.82, 2.24) is 4.90 Å². The number of hydrogen-bond donors (Lipinski definition) is 0. The highest BCUT2D eigenvalue weighted by molar-refractivity contribution is 9.10. The molecule has 3 aromatic carbocycles. The quantitative estimate of drug-likeness (QED) is 0.427. The number of hydrogen-bond acceptors (Lipinski definition) is 1. The van der Waals surface area contributed by atoms with Crippen LogP contribution < -0.4 is 0 Å². The zero-order valence-electron chi connectivity index (χ0n) is 14.5. The van der Waals surface area contributed by atoms with Gasteiger partial charge < -0.3 is 4.90 Å². The Morgan fingerprint density at radius 2 is 1.63 bits per heavy atom. The average Bonchev–Trinajstić information content (AvgIpc) is 2.88. The first-order valence-corrected chi connectivity index (χ1v) is 10.1. The molecule has 0 fully saturated rings. The van der Waals surface area contributed by atoms with Crippen molar-refractivity contribution in [3.05, 3.63) is 104 Å². The van der Waals surface area contributed by atoms with E-state index in [1.54, 1.807) is 0 Å². The monoisotopic (exact) mass is 459 g/mol. The largest absolute Gasteiger partial charge is 0.321 e. The summed E-state index contributed by atoms with van der Waals surface area (Å²) in [5.74, 6) is -0.0205.